The van der Waals surface area contributed by atoms with Gasteiger partial charge in [-0.1, -0.05) is 11.6 Å². The third kappa shape index (κ3) is 4.09. The molecule has 0 bridgehead atoms. The average Bonchev–Trinajstić information content (AvgIpc) is 2.48. The fourth-order valence-corrected chi connectivity index (χ4v) is 3.06. The van der Waals surface area contributed by atoms with Crippen molar-refractivity contribution in [2.75, 3.05) is 26.3 Å². The monoisotopic (exact) mass is 286 g/mol. The highest BCUT2D eigenvalue weighted by Gasteiger charge is 2.27. The molecule has 0 aromatic heterocycles. The zero-order valence-electron chi connectivity index (χ0n) is 11.2. The SMILES string of the molecule is N=C/C(N)=C(/Cl)NC1CCC(N2CCOCC2)CC1. The topological polar surface area (TPSA) is 74.4 Å². The van der Waals surface area contributed by atoms with Crippen LogP contribution in [0.25, 0.3) is 0 Å². The number of morpholine rings is 1. The number of nitrogens with one attached hydrogen (secondary N) is 2. The van der Waals surface area contributed by atoms with Crippen molar-refractivity contribution >= 4 is 17.8 Å². The van der Waals surface area contributed by atoms with E-state index in [9.17, 15) is 0 Å². The highest BCUT2D eigenvalue weighted by atomic mass is 35.5. The number of nitrogens with two attached hydrogens (primary N) is 1. The standard InChI is InChI=1S/C13H23ClN4O/c14-13(12(16)9-15)17-10-1-3-11(4-2-10)18-5-7-19-8-6-18/h9-11,15,17H,1-8,16H2/b13-12+,15-9?. The third-order valence-corrected chi connectivity index (χ3v) is 4.33. The van der Waals surface area contributed by atoms with Crippen molar-refractivity contribution in [2.45, 2.75) is 37.8 Å². The minimum absolute atomic E-state index is 0.303. The van der Waals surface area contributed by atoms with E-state index in [1.165, 1.54) is 12.8 Å². The average molecular weight is 287 g/mol. The molecule has 19 heavy (non-hydrogen) atoms. The molecule has 1 heterocycles. The summed E-state index contributed by atoms with van der Waals surface area (Å²) in [4.78, 5) is 2.54. The molecule has 0 amide bonds. The van der Waals surface area contributed by atoms with Crippen LogP contribution in [0.1, 0.15) is 25.7 Å². The van der Waals surface area contributed by atoms with E-state index in [2.05, 4.69) is 10.2 Å². The normalized spacial score (nSPS) is 30.6. The smallest absolute Gasteiger partial charge is 0.127 e. The highest BCUT2D eigenvalue weighted by molar-refractivity contribution is 6.30. The zero-order valence-corrected chi connectivity index (χ0v) is 12.0. The molecule has 5 nitrogen and oxygen atoms in total. The van der Waals surface area contributed by atoms with Crippen molar-refractivity contribution in [1.29, 1.82) is 5.41 Å². The number of hydrogen-bond donors (Lipinski definition) is 3. The second kappa shape index (κ2) is 7.12. The van der Waals surface area contributed by atoms with Crippen molar-refractivity contribution in [1.82, 2.24) is 10.2 Å². The molecule has 1 aliphatic carbocycles. The molecule has 108 valence electrons. The van der Waals surface area contributed by atoms with Crippen molar-refractivity contribution in [2.24, 2.45) is 5.73 Å². The largest absolute Gasteiger partial charge is 0.395 e. The van der Waals surface area contributed by atoms with Gasteiger partial charge in [-0.05, 0) is 25.7 Å². The molecule has 0 spiro atoms. The van der Waals surface area contributed by atoms with Crippen LogP contribution in [0.3, 0.4) is 0 Å². The number of hydrogen-bond acceptors (Lipinski definition) is 5. The van der Waals surface area contributed by atoms with Crippen molar-refractivity contribution in [3.63, 3.8) is 0 Å². The van der Waals surface area contributed by atoms with Gasteiger partial charge in [0.2, 0.25) is 0 Å². The molecule has 1 saturated carbocycles. The van der Waals surface area contributed by atoms with Crippen molar-refractivity contribution in [3.05, 3.63) is 10.9 Å². The number of rotatable bonds is 4. The summed E-state index contributed by atoms with van der Waals surface area (Å²) in [5.74, 6) is 0. The van der Waals surface area contributed by atoms with Gasteiger partial charge in [-0.15, -0.1) is 0 Å². The number of halogens is 1. The molecule has 6 heteroatoms. The van der Waals surface area contributed by atoms with Crippen molar-refractivity contribution in [3.8, 4) is 0 Å². The molecule has 1 aliphatic heterocycles. The summed E-state index contributed by atoms with van der Waals surface area (Å²) >= 11 is 6.02. The van der Waals surface area contributed by atoms with E-state index in [1.54, 1.807) is 0 Å². The lowest BCUT2D eigenvalue weighted by atomic mass is 9.90. The second-order valence-corrected chi connectivity index (χ2v) is 5.59. The van der Waals surface area contributed by atoms with Gasteiger partial charge in [-0.3, -0.25) is 4.90 Å². The van der Waals surface area contributed by atoms with Crippen LogP contribution in [-0.2, 0) is 4.74 Å². The summed E-state index contributed by atoms with van der Waals surface area (Å²) in [5.41, 5.74) is 5.90. The summed E-state index contributed by atoms with van der Waals surface area (Å²) in [6.45, 7) is 3.85. The molecular formula is C13H23ClN4O. The summed E-state index contributed by atoms with van der Waals surface area (Å²) in [6, 6.07) is 1.06. The van der Waals surface area contributed by atoms with E-state index in [-0.39, 0.29) is 0 Å². The maximum Gasteiger partial charge on any atom is 0.127 e. The summed E-state index contributed by atoms with van der Waals surface area (Å²) < 4.78 is 5.39. The van der Waals surface area contributed by atoms with E-state index >= 15 is 0 Å². The molecule has 0 aromatic carbocycles. The fraction of sp³-hybridized carbons (Fsp3) is 0.769. The lowest BCUT2D eigenvalue weighted by Crippen LogP contribution is -2.47. The first-order valence-electron chi connectivity index (χ1n) is 6.94. The molecule has 0 unspecified atom stereocenters. The number of ether oxygens (including phenoxy) is 1. The molecule has 2 rings (SSSR count). The van der Waals surface area contributed by atoms with Crippen molar-refractivity contribution < 1.29 is 4.74 Å². The van der Waals surface area contributed by atoms with Crippen LogP contribution in [0, 0.1) is 5.41 Å². The Balaban J connectivity index is 1.77. The van der Waals surface area contributed by atoms with Gasteiger partial charge >= 0.3 is 0 Å². The van der Waals surface area contributed by atoms with Crippen LogP contribution < -0.4 is 11.1 Å². The minimum atomic E-state index is 0.303. The minimum Gasteiger partial charge on any atom is -0.395 e. The van der Waals surface area contributed by atoms with Crippen LogP contribution >= 0.6 is 11.6 Å². The van der Waals surface area contributed by atoms with E-state index in [1.807, 2.05) is 0 Å². The maximum atomic E-state index is 7.07. The molecular weight excluding hydrogens is 264 g/mol. The van der Waals surface area contributed by atoms with Crippen LogP contribution in [0.2, 0.25) is 0 Å². The fourth-order valence-electron chi connectivity index (χ4n) is 2.85. The predicted octanol–water partition coefficient (Wildman–Crippen LogP) is 1.24. The highest BCUT2D eigenvalue weighted by Crippen LogP contribution is 2.24. The van der Waals surface area contributed by atoms with Gasteiger partial charge in [0.25, 0.3) is 0 Å². The Morgan fingerprint density at radius 2 is 1.89 bits per heavy atom. The quantitative estimate of drug-likeness (QED) is 0.537. The first-order valence-corrected chi connectivity index (χ1v) is 7.32. The first-order chi connectivity index (χ1) is 9.20. The van der Waals surface area contributed by atoms with E-state index in [0.29, 0.717) is 22.9 Å². The second-order valence-electron chi connectivity index (χ2n) is 5.21. The van der Waals surface area contributed by atoms with Crippen LogP contribution in [0.5, 0.6) is 0 Å². The molecule has 0 radical (unpaired) electrons. The molecule has 2 aliphatic rings. The van der Waals surface area contributed by atoms with Gasteiger partial charge < -0.3 is 21.2 Å². The number of nitrogens with zero attached hydrogens (tertiary/aromatic N) is 1. The van der Waals surface area contributed by atoms with E-state index in [0.717, 1.165) is 45.4 Å². The van der Waals surface area contributed by atoms with Crippen LogP contribution in [0.4, 0.5) is 0 Å². The first kappa shape index (κ1) is 14.6. The Morgan fingerprint density at radius 1 is 1.26 bits per heavy atom. The Bertz CT molecular complexity index is 334. The third-order valence-electron chi connectivity index (χ3n) is 4.00. The summed E-state index contributed by atoms with van der Waals surface area (Å²) in [7, 11) is 0. The van der Waals surface area contributed by atoms with Gasteiger partial charge in [0.05, 0.1) is 18.9 Å². The summed E-state index contributed by atoms with van der Waals surface area (Å²) in [6.07, 6.45) is 5.65. The van der Waals surface area contributed by atoms with Gasteiger partial charge in [0.1, 0.15) is 5.16 Å². The maximum absolute atomic E-state index is 7.07. The number of allylic oxidation sites excluding steroid dienone is 1. The van der Waals surface area contributed by atoms with Gasteiger partial charge in [-0.25, -0.2) is 0 Å². The van der Waals surface area contributed by atoms with Gasteiger partial charge in [-0.2, -0.15) is 0 Å². The molecule has 0 atom stereocenters. The van der Waals surface area contributed by atoms with Gasteiger partial charge in [0.15, 0.2) is 0 Å². The molecule has 1 saturated heterocycles. The van der Waals surface area contributed by atoms with E-state index < -0.39 is 0 Å². The lowest BCUT2D eigenvalue weighted by molar-refractivity contribution is 0.00686. The van der Waals surface area contributed by atoms with Crippen LogP contribution in [-0.4, -0.2) is 49.5 Å². The van der Waals surface area contributed by atoms with Crippen LogP contribution in [0.15, 0.2) is 10.9 Å². The Kier molecular flexibility index (Phi) is 5.48. The Hall–Kier alpha value is -0.780. The molecule has 0 aromatic rings. The lowest BCUT2D eigenvalue weighted by Gasteiger charge is -2.39. The Labute approximate surface area is 119 Å². The molecule has 4 N–H and O–H groups in total. The Morgan fingerprint density at radius 3 is 2.47 bits per heavy atom. The summed E-state index contributed by atoms with van der Waals surface area (Å²) in [5, 5.41) is 10.7. The van der Waals surface area contributed by atoms with Gasteiger partial charge in [0, 0.05) is 31.4 Å². The molecule has 2 fully saturated rings. The van der Waals surface area contributed by atoms with E-state index in [4.69, 9.17) is 27.5 Å². The zero-order chi connectivity index (χ0) is 13.7. The predicted molar refractivity (Wildman–Crippen MR) is 77.4 cm³/mol.